The first-order chi connectivity index (χ1) is 12.4. The first-order valence-electron chi connectivity index (χ1n) is 8.34. The Kier molecular flexibility index (Phi) is 11.0. The summed E-state index contributed by atoms with van der Waals surface area (Å²) in [6.07, 6.45) is -3.81. The van der Waals surface area contributed by atoms with Gasteiger partial charge in [-0.1, -0.05) is 0 Å². The summed E-state index contributed by atoms with van der Waals surface area (Å²) in [5.74, 6) is -0.180. The van der Waals surface area contributed by atoms with Crippen molar-refractivity contribution in [3.05, 3.63) is 24.3 Å². The van der Waals surface area contributed by atoms with E-state index in [2.05, 4.69) is 20.4 Å². The molecule has 160 valence electrons. The number of carbonyl (C=O) groups excluding carboxylic acids is 1. The third-order valence-corrected chi connectivity index (χ3v) is 2.90. The standard InChI is InChI=1S/C17H25F3N4O3.HI/c1-16(2,3)27-15(25)23-11-5-4-10-22-14(21)24-12-6-8-13(9-7-12)26-17(18,19)20;/h6-9H,4-5,10-11H2,1-3H3,(H,23,25)(H3,21,22,24);1H. The zero-order chi connectivity index (χ0) is 20.5. The van der Waals surface area contributed by atoms with E-state index in [4.69, 9.17) is 10.5 Å². The van der Waals surface area contributed by atoms with Gasteiger partial charge in [-0.05, 0) is 57.9 Å². The molecule has 1 rings (SSSR count). The van der Waals surface area contributed by atoms with Gasteiger partial charge in [0.2, 0.25) is 0 Å². The summed E-state index contributed by atoms with van der Waals surface area (Å²) in [5.41, 5.74) is 5.66. The molecule has 0 heterocycles. The molecule has 1 aromatic carbocycles. The number of nitrogens with one attached hydrogen (secondary N) is 2. The molecule has 0 bridgehead atoms. The van der Waals surface area contributed by atoms with E-state index in [0.29, 0.717) is 31.6 Å². The van der Waals surface area contributed by atoms with E-state index in [1.807, 2.05) is 0 Å². The van der Waals surface area contributed by atoms with Crippen LogP contribution < -0.4 is 21.1 Å². The van der Waals surface area contributed by atoms with Crippen LogP contribution in [0.3, 0.4) is 0 Å². The Bertz CT molecular complexity index is 632. The fraction of sp³-hybridized carbons (Fsp3) is 0.529. The molecule has 11 heteroatoms. The van der Waals surface area contributed by atoms with Crippen LogP contribution in [0.15, 0.2) is 29.3 Å². The quantitative estimate of drug-likeness (QED) is 0.217. The minimum Gasteiger partial charge on any atom is -0.444 e. The highest BCUT2D eigenvalue weighted by Crippen LogP contribution is 2.23. The number of alkyl halides is 3. The fourth-order valence-corrected chi connectivity index (χ4v) is 1.87. The number of carbonyl (C=O) groups is 1. The number of ether oxygens (including phenoxy) is 2. The second kappa shape index (κ2) is 11.8. The number of hydrogen-bond donors (Lipinski definition) is 3. The number of aliphatic imine (C=N–C) groups is 1. The van der Waals surface area contributed by atoms with E-state index >= 15 is 0 Å². The smallest absolute Gasteiger partial charge is 0.444 e. The molecule has 1 amide bonds. The number of nitrogens with two attached hydrogens (primary N) is 1. The minimum absolute atomic E-state index is 0. The summed E-state index contributed by atoms with van der Waals surface area (Å²) in [6, 6.07) is 5.14. The number of rotatable bonds is 7. The molecule has 0 aliphatic heterocycles. The lowest BCUT2D eigenvalue weighted by atomic mass is 10.2. The number of amides is 1. The predicted molar refractivity (Wildman–Crippen MR) is 112 cm³/mol. The zero-order valence-electron chi connectivity index (χ0n) is 15.9. The Morgan fingerprint density at radius 3 is 2.29 bits per heavy atom. The lowest BCUT2D eigenvalue weighted by Gasteiger charge is -2.19. The SMILES string of the molecule is CC(C)(C)OC(=O)NCCCCN=C(N)Nc1ccc(OC(F)(F)F)cc1.I. The van der Waals surface area contributed by atoms with E-state index in [9.17, 15) is 18.0 Å². The maximum Gasteiger partial charge on any atom is 0.573 e. The van der Waals surface area contributed by atoms with Gasteiger partial charge in [-0.25, -0.2) is 4.79 Å². The average Bonchev–Trinajstić information content (AvgIpc) is 2.49. The molecule has 0 atom stereocenters. The number of halogens is 4. The summed E-state index contributed by atoms with van der Waals surface area (Å²) in [5, 5.41) is 5.41. The van der Waals surface area contributed by atoms with Crippen molar-refractivity contribution < 1.29 is 27.4 Å². The molecule has 7 nitrogen and oxygen atoms in total. The molecular weight excluding hydrogens is 492 g/mol. The fourth-order valence-electron chi connectivity index (χ4n) is 1.87. The Labute approximate surface area is 179 Å². The number of guanidine groups is 1. The van der Waals surface area contributed by atoms with Crippen LogP contribution in [0, 0.1) is 0 Å². The molecule has 0 aromatic heterocycles. The molecule has 4 N–H and O–H groups in total. The lowest BCUT2D eigenvalue weighted by Crippen LogP contribution is -2.33. The first kappa shape index (κ1) is 26.1. The Hall–Kier alpha value is -1.92. The van der Waals surface area contributed by atoms with Gasteiger partial charge in [-0.15, -0.1) is 37.1 Å². The Morgan fingerprint density at radius 2 is 1.75 bits per heavy atom. The van der Waals surface area contributed by atoms with E-state index in [0.717, 1.165) is 0 Å². The van der Waals surface area contributed by atoms with Crippen molar-refractivity contribution in [1.29, 1.82) is 0 Å². The van der Waals surface area contributed by atoms with Gasteiger partial charge in [0.15, 0.2) is 5.96 Å². The summed E-state index contributed by atoms with van der Waals surface area (Å²) in [4.78, 5) is 15.5. The van der Waals surface area contributed by atoms with E-state index in [1.54, 1.807) is 20.8 Å². The number of alkyl carbamates (subject to hydrolysis) is 1. The van der Waals surface area contributed by atoms with Gasteiger partial charge in [0.25, 0.3) is 0 Å². The predicted octanol–water partition coefficient (Wildman–Crippen LogP) is 4.23. The topological polar surface area (TPSA) is 98.0 Å². The zero-order valence-corrected chi connectivity index (χ0v) is 18.3. The molecule has 1 aromatic rings. The van der Waals surface area contributed by atoms with Crippen LogP contribution in [0.4, 0.5) is 23.7 Å². The van der Waals surface area contributed by atoms with Crippen LogP contribution in [0.5, 0.6) is 5.75 Å². The largest absolute Gasteiger partial charge is 0.573 e. The van der Waals surface area contributed by atoms with Crippen LogP contribution in [0.1, 0.15) is 33.6 Å². The van der Waals surface area contributed by atoms with E-state index < -0.39 is 18.1 Å². The van der Waals surface area contributed by atoms with Crippen molar-refractivity contribution in [2.24, 2.45) is 10.7 Å². The van der Waals surface area contributed by atoms with Crippen molar-refractivity contribution in [2.45, 2.75) is 45.6 Å². The molecule has 0 saturated heterocycles. The highest BCUT2D eigenvalue weighted by Gasteiger charge is 2.30. The normalized spacial score (nSPS) is 12.0. The van der Waals surface area contributed by atoms with E-state index in [-0.39, 0.29) is 35.7 Å². The summed E-state index contributed by atoms with van der Waals surface area (Å²) in [7, 11) is 0. The van der Waals surface area contributed by atoms with Crippen molar-refractivity contribution in [1.82, 2.24) is 5.32 Å². The molecular formula is C17H26F3IN4O3. The summed E-state index contributed by atoms with van der Waals surface area (Å²) >= 11 is 0. The Morgan fingerprint density at radius 1 is 1.14 bits per heavy atom. The number of nitrogens with zero attached hydrogens (tertiary/aromatic N) is 1. The van der Waals surface area contributed by atoms with Crippen molar-refractivity contribution in [3.8, 4) is 5.75 Å². The molecule has 0 aliphatic carbocycles. The highest BCUT2D eigenvalue weighted by atomic mass is 127. The van der Waals surface area contributed by atoms with Gasteiger partial charge < -0.3 is 25.8 Å². The van der Waals surface area contributed by atoms with Crippen LogP contribution in [0.25, 0.3) is 0 Å². The second-order valence-corrected chi connectivity index (χ2v) is 6.60. The molecule has 0 fully saturated rings. The maximum absolute atomic E-state index is 12.1. The molecule has 0 radical (unpaired) electrons. The van der Waals surface area contributed by atoms with Crippen LogP contribution in [-0.2, 0) is 4.74 Å². The molecule has 0 aliphatic rings. The number of anilines is 1. The third-order valence-electron chi connectivity index (χ3n) is 2.90. The number of unbranched alkanes of at least 4 members (excludes halogenated alkanes) is 1. The van der Waals surface area contributed by atoms with Gasteiger partial charge >= 0.3 is 12.5 Å². The summed E-state index contributed by atoms with van der Waals surface area (Å²) < 4.78 is 45.2. The van der Waals surface area contributed by atoms with Crippen LogP contribution in [-0.4, -0.2) is 37.1 Å². The van der Waals surface area contributed by atoms with Crippen molar-refractivity contribution in [3.63, 3.8) is 0 Å². The molecule has 0 unspecified atom stereocenters. The first-order valence-corrected chi connectivity index (χ1v) is 8.34. The molecule has 28 heavy (non-hydrogen) atoms. The molecule has 0 saturated carbocycles. The Balaban J connectivity index is 0.00000729. The third kappa shape index (κ3) is 13.3. The highest BCUT2D eigenvalue weighted by molar-refractivity contribution is 14.0. The van der Waals surface area contributed by atoms with E-state index in [1.165, 1.54) is 24.3 Å². The monoisotopic (exact) mass is 518 g/mol. The van der Waals surface area contributed by atoms with Crippen LogP contribution in [0.2, 0.25) is 0 Å². The van der Waals surface area contributed by atoms with Crippen molar-refractivity contribution >= 4 is 41.7 Å². The van der Waals surface area contributed by atoms with Gasteiger partial charge in [0.1, 0.15) is 11.4 Å². The van der Waals surface area contributed by atoms with Gasteiger partial charge in [-0.2, -0.15) is 0 Å². The average molecular weight is 518 g/mol. The minimum atomic E-state index is -4.73. The number of benzene rings is 1. The van der Waals surface area contributed by atoms with Crippen LogP contribution >= 0.6 is 24.0 Å². The number of hydrogen-bond acceptors (Lipinski definition) is 4. The second-order valence-electron chi connectivity index (χ2n) is 6.60. The van der Waals surface area contributed by atoms with Gasteiger partial charge in [0.05, 0.1) is 0 Å². The molecule has 0 spiro atoms. The maximum atomic E-state index is 12.1. The van der Waals surface area contributed by atoms with Crippen molar-refractivity contribution in [2.75, 3.05) is 18.4 Å². The lowest BCUT2D eigenvalue weighted by molar-refractivity contribution is -0.274. The van der Waals surface area contributed by atoms with Gasteiger partial charge in [-0.3, -0.25) is 4.99 Å². The van der Waals surface area contributed by atoms with Gasteiger partial charge in [0, 0.05) is 18.8 Å². The summed E-state index contributed by atoms with van der Waals surface area (Å²) in [6.45, 7) is 6.25.